The number of rotatable bonds is 3. The zero-order valence-electron chi connectivity index (χ0n) is 17.0. The quantitative estimate of drug-likeness (QED) is 0.801. The van der Waals surface area contributed by atoms with Crippen molar-refractivity contribution in [2.24, 2.45) is 5.92 Å². The van der Waals surface area contributed by atoms with Gasteiger partial charge in [0.2, 0.25) is 0 Å². The van der Waals surface area contributed by atoms with Crippen LogP contribution in [0.25, 0.3) is 5.76 Å². The van der Waals surface area contributed by atoms with Crippen molar-refractivity contribution < 1.29 is 14.6 Å². The standard InChI is InChI=1S/C25H26N2O3/c28-25(18-27-10-7-22(25)8-11-27)9-6-20-16-26-23(24-17-29-12-13-30-24)15-21(20)14-19-4-2-1-3-5-19/h1-5,15-17,22,28H,7-8,10-14,18H2/t25-/m1/s1. The van der Waals surface area contributed by atoms with Crippen molar-refractivity contribution in [1.29, 1.82) is 0 Å². The van der Waals surface area contributed by atoms with E-state index in [1.54, 1.807) is 12.5 Å². The number of fused-ring (bicyclic) bond motifs is 3. The molecule has 3 fully saturated rings. The van der Waals surface area contributed by atoms with Gasteiger partial charge in [-0.15, -0.1) is 0 Å². The zero-order chi connectivity index (χ0) is 20.4. The predicted molar refractivity (Wildman–Crippen MR) is 114 cm³/mol. The van der Waals surface area contributed by atoms with Gasteiger partial charge in [-0.2, -0.15) is 0 Å². The summed E-state index contributed by atoms with van der Waals surface area (Å²) < 4.78 is 11.1. The summed E-state index contributed by atoms with van der Waals surface area (Å²) >= 11 is 0. The molecule has 0 amide bonds. The van der Waals surface area contributed by atoms with Crippen molar-refractivity contribution in [2.75, 3.05) is 32.8 Å². The minimum atomic E-state index is -0.929. The molecule has 2 aromatic rings. The Morgan fingerprint density at radius 3 is 2.70 bits per heavy atom. The molecule has 2 bridgehead atoms. The molecular formula is C25H26N2O3. The van der Waals surface area contributed by atoms with E-state index in [1.165, 1.54) is 5.56 Å². The largest absolute Gasteiger partial charge is 0.494 e. The summed E-state index contributed by atoms with van der Waals surface area (Å²) in [5.74, 6) is 7.41. The Bertz CT molecular complexity index is 1000. The van der Waals surface area contributed by atoms with Crippen LogP contribution in [0.2, 0.25) is 0 Å². The summed E-state index contributed by atoms with van der Waals surface area (Å²) in [7, 11) is 0. The maximum atomic E-state index is 11.2. The molecule has 0 unspecified atom stereocenters. The van der Waals surface area contributed by atoms with Crippen LogP contribution in [0.1, 0.15) is 35.2 Å². The SMILES string of the molecule is O[C@]1(C#Cc2cnc(C3=COCCO3)cc2Cc2ccccc2)CN2CCC1CC2. The number of aromatic nitrogens is 1. The first-order valence-electron chi connectivity index (χ1n) is 10.7. The van der Waals surface area contributed by atoms with E-state index >= 15 is 0 Å². The van der Waals surface area contributed by atoms with Crippen LogP contribution >= 0.6 is 0 Å². The summed E-state index contributed by atoms with van der Waals surface area (Å²) in [5, 5.41) is 11.2. The Labute approximate surface area is 177 Å². The number of aliphatic hydroxyl groups is 1. The maximum Gasteiger partial charge on any atom is 0.179 e. The highest BCUT2D eigenvalue weighted by Crippen LogP contribution is 2.35. The van der Waals surface area contributed by atoms with Crippen molar-refractivity contribution in [3.63, 3.8) is 0 Å². The van der Waals surface area contributed by atoms with Crippen LogP contribution in [0.4, 0.5) is 0 Å². The number of pyridine rings is 1. The summed E-state index contributed by atoms with van der Waals surface area (Å²) in [6, 6.07) is 12.3. The molecule has 1 aromatic heterocycles. The van der Waals surface area contributed by atoms with Gasteiger partial charge in [-0.1, -0.05) is 42.2 Å². The summed E-state index contributed by atoms with van der Waals surface area (Å²) in [6.07, 6.45) is 6.20. The maximum absolute atomic E-state index is 11.2. The van der Waals surface area contributed by atoms with E-state index in [0.29, 0.717) is 25.5 Å². The molecule has 154 valence electrons. The Kier molecular flexibility index (Phi) is 5.20. The fourth-order valence-corrected chi connectivity index (χ4v) is 4.56. The molecule has 0 radical (unpaired) electrons. The number of hydrogen-bond donors (Lipinski definition) is 1. The van der Waals surface area contributed by atoms with Gasteiger partial charge < -0.3 is 14.6 Å². The van der Waals surface area contributed by atoms with Gasteiger partial charge in [0.1, 0.15) is 30.8 Å². The first-order valence-corrected chi connectivity index (χ1v) is 10.7. The third-order valence-electron chi connectivity index (χ3n) is 6.27. The molecule has 1 atom stereocenters. The number of ether oxygens (including phenoxy) is 2. The van der Waals surface area contributed by atoms with Gasteiger partial charge in [0.25, 0.3) is 0 Å². The molecule has 0 spiro atoms. The second-order valence-electron chi connectivity index (χ2n) is 8.32. The molecular weight excluding hydrogens is 376 g/mol. The third kappa shape index (κ3) is 3.94. The van der Waals surface area contributed by atoms with E-state index in [0.717, 1.165) is 49.2 Å². The Morgan fingerprint density at radius 1 is 1.17 bits per heavy atom. The zero-order valence-corrected chi connectivity index (χ0v) is 17.0. The second kappa shape index (κ2) is 8.14. The van der Waals surface area contributed by atoms with Gasteiger partial charge in [-0.05, 0) is 49.5 Å². The van der Waals surface area contributed by atoms with E-state index in [2.05, 4.69) is 33.9 Å². The topological polar surface area (TPSA) is 54.8 Å². The Hall–Kier alpha value is -2.81. The van der Waals surface area contributed by atoms with Gasteiger partial charge in [-0.25, -0.2) is 0 Å². The third-order valence-corrected chi connectivity index (χ3v) is 6.27. The normalized spacial score (nSPS) is 27.3. The van der Waals surface area contributed by atoms with E-state index in [-0.39, 0.29) is 5.92 Å². The lowest BCUT2D eigenvalue weighted by molar-refractivity contribution is -0.0713. The lowest BCUT2D eigenvalue weighted by Gasteiger charge is -2.47. The molecule has 5 nitrogen and oxygen atoms in total. The molecule has 0 aliphatic carbocycles. The number of nitrogens with zero attached hydrogens (tertiary/aromatic N) is 2. The molecule has 4 aliphatic heterocycles. The Morgan fingerprint density at radius 2 is 2.00 bits per heavy atom. The molecule has 6 rings (SSSR count). The van der Waals surface area contributed by atoms with Crippen LogP contribution in [0.3, 0.4) is 0 Å². The predicted octanol–water partition coefficient (Wildman–Crippen LogP) is 2.83. The lowest BCUT2D eigenvalue weighted by Crippen LogP contribution is -2.58. The van der Waals surface area contributed by atoms with E-state index in [9.17, 15) is 5.11 Å². The molecule has 4 aliphatic rings. The highest BCUT2D eigenvalue weighted by atomic mass is 16.6. The van der Waals surface area contributed by atoms with Crippen molar-refractivity contribution in [1.82, 2.24) is 9.88 Å². The first-order chi connectivity index (χ1) is 14.7. The molecule has 0 saturated carbocycles. The molecule has 1 N–H and O–H groups in total. The van der Waals surface area contributed by atoms with Gasteiger partial charge in [0, 0.05) is 24.2 Å². The van der Waals surface area contributed by atoms with E-state index in [1.807, 2.05) is 24.3 Å². The fraction of sp³-hybridized carbons (Fsp3) is 0.400. The van der Waals surface area contributed by atoms with Crippen LogP contribution < -0.4 is 0 Å². The molecule has 5 heteroatoms. The first kappa shape index (κ1) is 19.2. The minimum absolute atomic E-state index is 0.262. The van der Waals surface area contributed by atoms with E-state index < -0.39 is 5.60 Å². The number of hydrogen-bond acceptors (Lipinski definition) is 5. The molecule has 30 heavy (non-hydrogen) atoms. The monoisotopic (exact) mass is 402 g/mol. The van der Waals surface area contributed by atoms with Gasteiger partial charge in [0.05, 0.1) is 0 Å². The average Bonchev–Trinajstić information content (AvgIpc) is 2.80. The van der Waals surface area contributed by atoms with Crippen LogP contribution in [-0.2, 0) is 15.9 Å². The van der Waals surface area contributed by atoms with Gasteiger partial charge in [-0.3, -0.25) is 9.88 Å². The fourth-order valence-electron chi connectivity index (χ4n) is 4.56. The number of piperidine rings is 3. The summed E-state index contributed by atoms with van der Waals surface area (Å²) in [6.45, 7) is 3.86. The van der Waals surface area contributed by atoms with Crippen LogP contribution in [-0.4, -0.2) is 53.4 Å². The van der Waals surface area contributed by atoms with Crippen LogP contribution in [0, 0.1) is 17.8 Å². The average molecular weight is 402 g/mol. The molecule has 5 heterocycles. The van der Waals surface area contributed by atoms with E-state index in [4.69, 9.17) is 9.47 Å². The van der Waals surface area contributed by atoms with Crippen LogP contribution in [0.5, 0.6) is 0 Å². The molecule has 3 saturated heterocycles. The van der Waals surface area contributed by atoms with Crippen molar-refractivity contribution in [2.45, 2.75) is 24.9 Å². The van der Waals surface area contributed by atoms with Crippen molar-refractivity contribution in [3.8, 4) is 11.8 Å². The summed E-state index contributed by atoms with van der Waals surface area (Å²) in [5.41, 5.74) is 2.94. The van der Waals surface area contributed by atoms with Gasteiger partial charge in [0.15, 0.2) is 5.76 Å². The highest BCUT2D eigenvalue weighted by Gasteiger charge is 2.44. The lowest BCUT2D eigenvalue weighted by atomic mass is 9.75. The number of benzene rings is 1. The van der Waals surface area contributed by atoms with Crippen molar-refractivity contribution >= 4 is 5.76 Å². The van der Waals surface area contributed by atoms with Crippen LogP contribution in [0.15, 0.2) is 48.9 Å². The highest BCUT2D eigenvalue weighted by molar-refractivity contribution is 5.58. The Balaban J connectivity index is 1.49. The molecule has 1 aromatic carbocycles. The second-order valence-corrected chi connectivity index (χ2v) is 8.32. The smallest absolute Gasteiger partial charge is 0.179 e. The van der Waals surface area contributed by atoms with Crippen molar-refractivity contribution in [3.05, 3.63) is 71.2 Å². The van der Waals surface area contributed by atoms with Gasteiger partial charge >= 0.3 is 0 Å². The summed E-state index contributed by atoms with van der Waals surface area (Å²) in [4.78, 5) is 6.88. The minimum Gasteiger partial charge on any atom is -0.494 e.